The highest BCUT2D eigenvalue weighted by atomic mass is 28.4. The maximum Gasteiger partial charge on any atom is 0.335 e. The fraction of sp³-hybridized carbons (Fsp3) is 0.688. The topological polar surface area (TPSA) is 76.0 Å². The Morgan fingerprint density at radius 2 is 2.09 bits per heavy atom. The van der Waals surface area contributed by atoms with Crippen LogP contribution in [-0.4, -0.2) is 37.4 Å². The van der Waals surface area contributed by atoms with E-state index in [1.807, 2.05) is 6.08 Å². The number of allylic oxidation sites excluding steroid dienone is 1. The highest BCUT2D eigenvalue weighted by Gasteiger charge is 2.44. The Balaban J connectivity index is 2.09. The van der Waals surface area contributed by atoms with Gasteiger partial charge in [-0.25, -0.2) is 4.79 Å². The van der Waals surface area contributed by atoms with Crippen molar-refractivity contribution in [3.05, 3.63) is 23.5 Å². The Morgan fingerprint density at radius 3 is 2.64 bits per heavy atom. The Bertz CT molecular complexity index is 515. The van der Waals surface area contributed by atoms with E-state index in [4.69, 9.17) is 9.16 Å². The lowest BCUT2D eigenvalue weighted by molar-refractivity contribution is -0.138. The number of hydrogen-bond donors (Lipinski definition) is 2. The number of aliphatic hydroxyl groups excluding tert-OH is 1. The second kappa shape index (κ2) is 5.83. The molecule has 0 fully saturated rings. The van der Waals surface area contributed by atoms with E-state index in [2.05, 4.69) is 33.9 Å². The second-order valence-corrected chi connectivity index (χ2v) is 12.4. The lowest BCUT2D eigenvalue weighted by Gasteiger charge is -2.37. The van der Waals surface area contributed by atoms with Gasteiger partial charge in [0.25, 0.3) is 0 Å². The van der Waals surface area contributed by atoms with E-state index in [9.17, 15) is 15.0 Å². The molecule has 22 heavy (non-hydrogen) atoms. The van der Waals surface area contributed by atoms with Crippen LogP contribution in [0, 0.1) is 11.8 Å². The van der Waals surface area contributed by atoms with Gasteiger partial charge in [0.1, 0.15) is 0 Å². The summed E-state index contributed by atoms with van der Waals surface area (Å²) in [5.41, 5.74) is 1.18. The van der Waals surface area contributed by atoms with Gasteiger partial charge in [0.2, 0.25) is 6.29 Å². The van der Waals surface area contributed by atoms with Crippen LogP contribution in [0.25, 0.3) is 0 Å². The minimum atomic E-state index is -1.88. The summed E-state index contributed by atoms with van der Waals surface area (Å²) < 4.78 is 11.3. The third-order valence-electron chi connectivity index (χ3n) is 5.19. The van der Waals surface area contributed by atoms with Gasteiger partial charge in [0.05, 0.1) is 24.4 Å². The lowest BCUT2D eigenvalue weighted by atomic mass is 9.84. The summed E-state index contributed by atoms with van der Waals surface area (Å²) in [4.78, 5) is 11.3. The van der Waals surface area contributed by atoms with Crippen molar-refractivity contribution in [3.63, 3.8) is 0 Å². The number of hydrogen-bond acceptors (Lipinski definition) is 4. The Kier molecular flexibility index (Phi) is 4.57. The number of rotatable bonds is 4. The first kappa shape index (κ1) is 17.2. The van der Waals surface area contributed by atoms with E-state index in [1.165, 1.54) is 6.26 Å². The van der Waals surface area contributed by atoms with Crippen molar-refractivity contribution in [1.82, 2.24) is 0 Å². The summed E-state index contributed by atoms with van der Waals surface area (Å²) in [6.07, 6.45) is 2.79. The summed E-state index contributed by atoms with van der Waals surface area (Å²) in [6, 6.07) is 0. The zero-order chi connectivity index (χ0) is 16.7. The molecule has 0 saturated carbocycles. The summed E-state index contributed by atoms with van der Waals surface area (Å²) in [7, 11) is -1.88. The van der Waals surface area contributed by atoms with E-state index in [-0.39, 0.29) is 22.4 Å². The number of carbonyl (C=O) groups is 1. The molecule has 1 aliphatic carbocycles. The van der Waals surface area contributed by atoms with Gasteiger partial charge >= 0.3 is 5.97 Å². The fourth-order valence-electron chi connectivity index (χ4n) is 2.68. The van der Waals surface area contributed by atoms with Crippen molar-refractivity contribution in [2.24, 2.45) is 11.8 Å². The minimum Gasteiger partial charge on any atom is -0.478 e. The molecule has 0 amide bonds. The van der Waals surface area contributed by atoms with Crippen molar-refractivity contribution in [1.29, 1.82) is 0 Å². The molecule has 2 N–H and O–H groups in total. The van der Waals surface area contributed by atoms with Crippen molar-refractivity contribution in [2.75, 3.05) is 6.61 Å². The predicted octanol–water partition coefficient (Wildman–Crippen LogP) is 2.89. The SMILES string of the molecule is CC(C)(C)[Si](C)(C)OCC1=CCC2C(C(=O)O)=COC(O)C12. The third kappa shape index (κ3) is 3.14. The van der Waals surface area contributed by atoms with Gasteiger partial charge in [-0.3, -0.25) is 0 Å². The average Bonchev–Trinajstić information content (AvgIpc) is 2.80. The van der Waals surface area contributed by atoms with E-state index in [0.29, 0.717) is 13.0 Å². The van der Waals surface area contributed by atoms with Crippen LogP contribution in [0.1, 0.15) is 27.2 Å². The molecule has 0 spiro atoms. The largest absolute Gasteiger partial charge is 0.478 e. The van der Waals surface area contributed by atoms with Crippen LogP contribution in [0.4, 0.5) is 0 Å². The molecule has 0 saturated heterocycles. The number of aliphatic hydroxyl groups is 1. The van der Waals surface area contributed by atoms with Crippen LogP contribution in [0.2, 0.25) is 18.1 Å². The van der Waals surface area contributed by atoms with Crippen molar-refractivity contribution >= 4 is 14.3 Å². The number of aliphatic carboxylic acids is 1. The van der Waals surface area contributed by atoms with Crippen LogP contribution in [-0.2, 0) is 14.0 Å². The summed E-state index contributed by atoms with van der Waals surface area (Å²) in [5, 5.41) is 19.5. The quantitative estimate of drug-likeness (QED) is 0.614. The van der Waals surface area contributed by atoms with Crippen LogP contribution in [0.3, 0.4) is 0 Å². The van der Waals surface area contributed by atoms with Gasteiger partial charge in [-0.15, -0.1) is 0 Å². The molecule has 1 heterocycles. The number of carboxylic acid groups (broad SMARTS) is 1. The second-order valence-electron chi connectivity index (χ2n) is 7.60. The van der Waals surface area contributed by atoms with Gasteiger partial charge in [-0.2, -0.15) is 0 Å². The molecule has 0 radical (unpaired) electrons. The number of ether oxygens (including phenoxy) is 1. The van der Waals surface area contributed by atoms with Crippen LogP contribution >= 0.6 is 0 Å². The van der Waals surface area contributed by atoms with Crippen LogP contribution in [0.5, 0.6) is 0 Å². The molecule has 0 aromatic rings. The van der Waals surface area contributed by atoms with Gasteiger partial charge in [-0.05, 0) is 30.1 Å². The van der Waals surface area contributed by atoms with E-state index < -0.39 is 20.6 Å². The normalized spacial score (nSPS) is 28.5. The predicted molar refractivity (Wildman–Crippen MR) is 85.6 cm³/mol. The molecule has 0 aromatic heterocycles. The van der Waals surface area contributed by atoms with E-state index in [0.717, 1.165) is 5.57 Å². The highest BCUT2D eigenvalue weighted by Crippen LogP contribution is 2.43. The lowest BCUT2D eigenvalue weighted by Crippen LogP contribution is -2.42. The van der Waals surface area contributed by atoms with Gasteiger partial charge in [-0.1, -0.05) is 26.8 Å². The number of fused-ring (bicyclic) bond motifs is 1. The van der Waals surface area contributed by atoms with Gasteiger partial charge < -0.3 is 19.4 Å². The molecule has 3 atom stereocenters. The molecule has 3 unspecified atom stereocenters. The van der Waals surface area contributed by atoms with Gasteiger partial charge in [0.15, 0.2) is 8.32 Å². The third-order valence-corrected chi connectivity index (χ3v) is 9.67. The molecule has 5 nitrogen and oxygen atoms in total. The number of carboxylic acids is 1. The first-order valence-corrected chi connectivity index (χ1v) is 10.5. The van der Waals surface area contributed by atoms with Crippen molar-refractivity contribution in [2.45, 2.75) is 51.6 Å². The van der Waals surface area contributed by atoms with Crippen molar-refractivity contribution in [3.8, 4) is 0 Å². The molecule has 2 rings (SSSR count). The van der Waals surface area contributed by atoms with Crippen molar-refractivity contribution < 1.29 is 24.2 Å². The smallest absolute Gasteiger partial charge is 0.335 e. The highest BCUT2D eigenvalue weighted by molar-refractivity contribution is 6.74. The maximum absolute atomic E-state index is 11.3. The first-order chi connectivity index (χ1) is 10.0. The molecular weight excluding hydrogens is 300 g/mol. The molecular formula is C16H26O5Si. The maximum atomic E-state index is 11.3. The monoisotopic (exact) mass is 326 g/mol. The molecule has 2 aliphatic rings. The van der Waals surface area contributed by atoms with Crippen LogP contribution < -0.4 is 0 Å². The average molecular weight is 326 g/mol. The molecule has 0 aromatic carbocycles. The summed E-state index contributed by atoms with van der Waals surface area (Å²) in [6.45, 7) is 11.3. The molecule has 6 heteroatoms. The standard InChI is InChI=1S/C16H26O5Si/c1-16(2,3)22(4,5)21-8-10-6-7-11-12(14(17)18)9-20-15(19)13(10)11/h6,9,11,13,15,19H,7-8H2,1-5H3,(H,17,18). The van der Waals surface area contributed by atoms with Crippen LogP contribution in [0.15, 0.2) is 23.5 Å². The first-order valence-electron chi connectivity index (χ1n) is 7.64. The Morgan fingerprint density at radius 1 is 1.45 bits per heavy atom. The summed E-state index contributed by atoms with van der Waals surface area (Å²) >= 11 is 0. The molecule has 0 bridgehead atoms. The zero-order valence-electron chi connectivity index (χ0n) is 13.9. The molecule has 1 aliphatic heterocycles. The summed E-state index contributed by atoms with van der Waals surface area (Å²) in [5.74, 6) is -1.53. The Labute approximate surface area is 132 Å². The van der Waals surface area contributed by atoms with Gasteiger partial charge in [0, 0.05) is 5.92 Å². The Hall–Kier alpha value is -1.11. The molecule has 124 valence electrons. The minimum absolute atomic E-state index is 0.110. The fourth-order valence-corrected chi connectivity index (χ4v) is 3.64. The van der Waals surface area contributed by atoms with E-state index in [1.54, 1.807) is 0 Å². The zero-order valence-corrected chi connectivity index (χ0v) is 14.9. The van der Waals surface area contributed by atoms with E-state index >= 15 is 0 Å².